The van der Waals surface area contributed by atoms with Crippen molar-refractivity contribution < 1.29 is 9.42 Å². The number of hydrogen-bond donors (Lipinski definition) is 1. The number of hydrogen-bond acceptors (Lipinski definition) is 4. The molecular formula is C17H14BrN3O2. The third-order valence-electron chi connectivity index (χ3n) is 3.49. The molecule has 2 aromatic carbocycles. The van der Waals surface area contributed by atoms with Crippen molar-refractivity contribution in [2.24, 2.45) is 0 Å². The molecule has 3 aromatic rings. The number of nitrogens with one attached hydrogen (secondary N) is 1. The van der Waals surface area contributed by atoms with Gasteiger partial charge < -0.3 is 5.32 Å². The third kappa shape index (κ3) is 3.17. The second kappa shape index (κ2) is 6.34. The van der Waals surface area contributed by atoms with Crippen LogP contribution in [0.15, 0.2) is 51.6 Å². The number of nitrogens with zero attached hydrogens (tertiary/aromatic N) is 2. The van der Waals surface area contributed by atoms with E-state index in [9.17, 15) is 4.79 Å². The van der Waals surface area contributed by atoms with Crippen LogP contribution in [0.2, 0.25) is 0 Å². The molecule has 0 aliphatic carbocycles. The summed E-state index contributed by atoms with van der Waals surface area (Å²) in [7, 11) is 0. The van der Waals surface area contributed by atoms with E-state index in [0.29, 0.717) is 21.5 Å². The number of carbonyl (C=O) groups excluding carboxylic acids is 1. The van der Waals surface area contributed by atoms with Crippen LogP contribution in [-0.2, 0) is 0 Å². The Morgan fingerprint density at radius 1 is 1.13 bits per heavy atom. The average molecular weight is 372 g/mol. The van der Waals surface area contributed by atoms with Crippen LogP contribution in [0, 0.1) is 13.8 Å². The Labute approximate surface area is 141 Å². The Hall–Kier alpha value is -2.47. The summed E-state index contributed by atoms with van der Waals surface area (Å²) >= 11 is 3.37. The number of aryl methyl sites for hydroxylation is 2. The van der Waals surface area contributed by atoms with Crippen molar-refractivity contribution in [3.05, 3.63) is 63.6 Å². The molecule has 0 spiro atoms. The van der Waals surface area contributed by atoms with Crippen LogP contribution < -0.4 is 5.32 Å². The maximum atomic E-state index is 12.4. The van der Waals surface area contributed by atoms with Crippen LogP contribution in [0.5, 0.6) is 0 Å². The lowest BCUT2D eigenvalue weighted by atomic mass is 10.0. The number of aromatic nitrogens is 2. The molecule has 1 heterocycles. The molecular weight excluding hydrogens is 358 g/mol. The quantitative estimate of drug-likeness (QED) is 0.742. The van der Waals surface area contributed by atoms with Crippen molar-refractivity contribution in [3.63, 3.8) is 0 Å². The molecule has 0 saturated heterocycles. The van der Waals surface area contributed by atoms with E-state index in [0.717, 1.165) is 16.7 Å². The molecule has 0 atom stereocenters. The zero-order chi connectivity index (χ0) is 16.4. The van der Waals surface area contributed by atoms with Crippen LogP contribution >= 0.6 is 15.9 Å². The van der Waals surface area contributed by atoms with Gasteiger partial charge in [-0.2, -0.15) is 0 Å². The van der Waals surface area contributed by atoms with Crippen LogP contribution in [0.25, 0.3) is 11.3 Å². The van der Waals surface area contributed by atoms with Gasteiger partial charge in [-0.05, 0) is 63.9 Å². The molecule has 0 saturated carbocycles. The summed E-state index contributed by atoms with van der Waals surface area (Å²) in [6.45, 7) is 3.97. The van der Waals surface area contributed by atoms with E-state index < -0.39 is 0 Å². The zero-order valence-corrected chi connectivity index (χ0v) is 14.2. The first-order chi connectivity index (χ1) is 11.1. The monoisotopic (exact) mass is 371 g/mol. The van der Waals surface area contributed by atoms with E-state index in [2.05, 4.69) is 31.6 Å². The van der Waals surface area contributed by atoms with Gasteiger partial charge in [-0.1, -0.05) is 29.8 Å². The predicted octanol–water partition coefficient (Wildman–Crippen LogP) is 4.37. The lowest BCUT2D eigenvalue weighted by Crippen LogP contribution is -2.13. The minimum atomic E-state index is -0.278. The maximum Gasteiger partial charge on any atom is 0.258 e. The number of carbonyl (C=O) groups is 1. The van der Waals surface area contributed by atoms with Crippen LogP contribution in [-0.4, -0.2) is 16.2 Å². The average Bonchev–Trinajstić information content (AvgIpc) is 2.98. The second-order valence-corrected chi connectivity index (χ2v) is 6.07. The van der Waals surface area contributed by atoms with E-state index >= 15 is 0 Å². The summed E-state index contributed by atoms with van der Waals surface area (Å²) in [5.41, 5.74) is 4.04. The molecule has 1 aromatic heterocycles. The Balaban J connectivity index is 1.94. The second-order valence-electron chi connectivity index (χ2n) is 5.21. The van der Waals surface area contributed by atoms with E-state index in [1.807, 2.05) is 44.2 Å². The van der Waals surface area contributed by atoms with E-state index in [1.54, 1.807) is 12.1 Å². The fourth-order valence-electron chi connectivity index (χ4n) is 2.26. The molecule has 0 fully saturated rings. The highest BCUT2D eigenvalue weighted by atomic mass is 79.9. The Morgan fingerprint density at radius 3 is 2.70 bits per heavy atom. The fraction of sp³-hybridized carbons (Fsp3) is 0.118. The number of halogens is 1. The highest BCUT2D eigenvalue weighted by Crippen LogP contribution is 2.29. The van der Waals surface area contributed by atoms with Crippen molar-refractivity contribution in [2.45, 2.75) is 13.8 Å². The van der Waals surface area contributed by atoms with Gasteiger partial charge in [0.05, 0.1) is 5.56 Å². The number of anilines is 1. The predicted molar refractivity (Wildman–Crippen MR) is 91.3 cm³/mol. The normalized spacial score (nSPS) is 10.6. The van der Waals surface area contributed by atoms with Crippen molar-refractivity contribution in [3.8, 4) is 11.3 Å². The van der Waals surface area contributed by atoms with Crippen molar-refractivity contribution in [2.75, 3.05) is 5.32 Å². The Kier molecular flexibility index (Phi) is 4.25. The van der Waals surface area contributed by atoms with E-state index in [-0.39, 0.29) is 5.91 Å². The van der Waals surface area contributed by atoms with Crippen LogP contribution in [0.4, 0.5) is 5.82 Å². The largest absolute Gasteiger partial charge is 0.302 e. The molecule has 0 bridgehead atoms. The molecule has 0 unspecified atom stereocenters. The van der Waals surface area contributed by atoms with Crippen LogP contribution in [0.1, 0.15) is 21.5 Å². The molecule has 0 radical (unpaired) electrons. The lowest BCUT2D eigenvalue weighted by molar-refractivity contribution is 0.102. The van der Waals surface area contributed by atoms with E-state index in [1.165, 1.54) is 0 Å². The van der Waals surface area contributed by atoms with Gasteiger partial charge in [0.2, 0.25) is 5.82 Å². The van der Waals surface area contributed by atoms with E-state index in [4.69, 9.17) is 4.63 Å². The lowest BCUT2D eigenvalue weighted by Gasteiger charge is -2.07. The zero-order valence-electron chi connectivity index (χ0n) is 12.6. The van der Waals surface area contributed by atoms with Crippen molar-refractivity contribution in [1.29, 1.82) is 0 Å². The molecule has 3 rings (SSSR count). The first-order valence-corrected chi connectivity index (χ1v) is 7.81. The van der Waals surface area contributed by atoms with Crippen molar-refractivity contribution >= 4 is 27.7 Å². The first kappa shape index (κ1) is 15.4. The van der Waals surface area contributed by atoms with Gasteiger partial charge in [0, 0.05) is 10.0 Å². The maximum absolute atomic E-state index is 12.4. The van der Waals surface area contributed by atoms with Gasteiger partial charge in [-0.15, -0.1) is 0 Å². The van der Waals surface area contributed by atoms with Gasteiger partial charge in [0.1, 0.15) is 0 Å². The van der Waals surface area contributed by atoms with Crippen LogP contribution in [0.3, 0.4) is 0 Å². The SMILES string of the molecule is Cc1ccc(C)c(-c2nonc2NC(=O)c2ccccc2Br)c1. The van der Waals surface area contributed by atoms with Gasteiger partial charge in [0.25, 0.3) is 5.91 Å². The number of rotatable bonds is 3. The smallest absolute Gasteiger partial charge is 0.258 e. The van der Waals surface area contributed by atoms with Gasteiger partial charge in [0.15, 0.2) is 5.69 Å². The summed E-state index contributed by atoms with van der Waals surface area (Å²) in [4.78, 5) is 12.4. The molecule has 116 valence electrons. The molecule has 1 N–H and O–H groups in total. The molecule has 1 amide bonds. The number of amides is 1. The summed E-state index contributed by atoms with van der Waals surface area (Å²) in [5.74, 6) is 0.0270. The fourth-order valence-corrected chi connectivity index (χ4v) is 2.72. The van der Waals surface area contributed by atoms with Gasteiger partial charge in [-0.25, -0.2) is 4.63 Å². The van der Waals surface area contributed by atoms with Gasteiger partial charge in [-0.3, -0.25) is 4.79 Å². The van der Waals surface area contributed by atoms with Gasteiger partial charge >= 0.3 is 0 Å². The first-order valence-electron chi connectivity index (χ1n) is 7.02. The molecule has 0 aliphatic heterocycles. The molecule has 5 nitrogen and oxygen atoms in total. The highest BCUT2D eigenvalue weighted by Gasteiger charge is 2.18. The number of benzene rings is 2. The topological polar surface area (TPSA) is 68.0 Å². The summed E-state index contributed by atoms with van der Waals surface area (Å²) in [5, 5.41) is 10.5. The molecule has 6 heteroatoms. The minimum Gasteiger partial charge on any atom is -0.302 e. The summed E-state index contributed by atoms with van der Waals surface area (Å²) in [6, 6.07) is 13.2. The molecule has 0 aliphatic rings. The standard InChI is InChI=1S/C17H14BrN3O2/c1-10-7-8-11(2)13(9-10)15-16(21-23-20-15)19-17(22)12-5-3-4-6-14(12)18/h3-9H,1-2H3,(H,19,21,22). The summed E-state index contributed by atoms with van der Waals surface area (Å²) in [6.07, 6.45) is 0. The molecule has 23 heavy (non-hydrogen) atoms. The Morgan fingerprint density at radius 2 is 1.91 bits per heavy atom. The summed E-state index contributed by atoms with van der Waals surface area (Å²) < 4.78 is 5.55. The minimum absolute atomic E-state index is 0.278. The van der Waals surface area contributed by atoms with Crippen molar-refractivity contribution in [1.82, 2.24) is 10.3 Å². The highest BCUT2D eigenvalue weighted by molar-refractivity contribution is 9.10. The Bertz CT molecular complexity index is 874. The third-order valence-corrected chi connectivity index (χ3v) is 4.18.